The fraction of sp³-hybridized carbons (Fsp3) is 0.381. The van der Waals surface area contributed by atoms with Gasteiger partial charge in [0.15, 0.2) is 5.78 Å². The Bertz CT molecular complexity index is 1010. The highest BCUT2D eigenvalue weighted by Crippen LogP contribution is 2.19. The Morgan fingerprint density at radius 3 is 2.65 bits per heavy atom. The van der Waals surface area contributed by atoms with Crippen molar-refractivity contribution in [2.24, 2.45) is 0 Å². The Morgan fingerprint density at radius 1 is 1.29 bits per heavy atom. The van der Waals surface area contributed by atoms with Gasteiger partial charge >= 0.3 is 5.97 Å². The van der Waals surface area contributed by atoms with Gasteiger partial charge in [-0.3, -0.25) is 19.2 Å². The van der Waals surface area contributed by atoms with Crippen molar-refractivity contribution in [2.75, 3.05) is 13.8 Å². The molecule has 0 radical (unpaired) electrons. The molecule has 31 heavy (non-hydrogen) atoms. The number of carboxylic acid groups (broad SMARTS) is 1. The van der Waals surface area contributed by atoms with E-state index in [2.05, 4.69) is 10.4 Å². The van der Waals surface area contributed by atoms with Crippen LogP contribution >= 0.6 is 0 Å². The number of nitrogens with one attached hydrogen (secondary N) is 1. The van der Waals surface area contributed by atoms with E-state index >= 15 is 0 Å². The number of rotatable bonds is 11. The van der Waals surface area contributed by atoms with Crippen molar-refractivity contribution in [3.63, 3.8) is 0 Å². The van der Waals surface area contributed by atoms with Crippen molar-refractivity contribution in [1.82, 2.24) is 15.1 Å². The Hall–Kier alpha value is -3.56. The second-order valence-electron chi connectivity index (χ2n) is 6.81. The minimum atomic E-state index is -1.77. The number of Topliss-reactive ketones (excluding diaryl/α,β-unsaturated/α-hetero) is 1. The highest BCUT2D eigenvalue weighted by Gasteiger charge is 2.38. The molecule has 1 heterocycles. The molecule has 0 aliphatic heterocycles. The van der Waals surface area contributed by atoms with E-state index < -0.39 is 41.9 Å². The number of carbonyl (C=O) groups excluding carboxylic acids is 2. The number of hydrogen-bond acceptors (Lipinski definition) is 6. The summed E-state index contributed by atoms with van der Waals surface area (Å²) in [6.07, 6.45) is 1.69. The Kier molecular flexibility index (Phi) is 8.42. The molecular formula is C21H24FN3O6. The van der Waals surface area contributed by atoms with Gasteiger partial charge in [-0.15, -0.1) is 0 Å². The molecule has 0 bridgehead atoms. The predicted octanol–water partition coefficient (Wildman–Crippen LogP) is 1.29. The van der Waals surface area contributed by atoms with Crippen LogP contribution in [0.3, 0.4) is 0 Å². The number of ketones is 1. The van der Waals surface area contributed by atoms with Gasteiger partial charge in [0, 0.05) is 18.2 Å². The van der Waals surface area contributed by atoms with Crippen LogP contribution in [0, 0.1) is 0 Å². The number of aliphatic carboxylic acids is 1. The smallest absolute Gasteiger partial charge is 0.313 e. The Balaban J connectivity index is 2.47. The molecule has 166 valence electrons. The van der Waals surface area contributed by atoms with E-state index in [9.17, 15) is 28.7 Å². The molecule has 1 amide bonds. The summed E-state index contributed by atoms with van der Waals surface area (Å²) in [5.41, 5.74) is -0.376. The maximum Gasteiger partial charge on any atom is 0.313 e. The number of nitrogens with zero attached hydrogens (tertiary/aromatic N) is 2. The first kappa shape index (κ1) is 23.7. The highest BCUT2D eigenvalue weighted by atomic mass is 19.1. The number of hydrogen-bond donors (Lipinski definition) is 2. The molecule has 0 saturated carbocycles. The van der Waals surface area contributed by atoms with Crippen LogP contribution in [0.4, 0.5) is 4.39 Å². The summed E-state index contributed by atoms with van der Waals surface area (Å²) in [7, 11) is 1.50. The van der Waals surface area contributed by atoms with Gasteiger partial charge in [-0.1, -0.05) is 19.1 Å². The third-order valence-corrected chi connectivity index (χ3v) is 4.61. The minimum Gasteiger partial charge on any atom is -0.497 e. The maximum absolute atomic E-state index is 13.1. The van der Waals surface area contributed by atoms with Gasteiger partial charge in [-0.05, 0) is 30.2 Å². The molecule has 2 rings (SSSR count). The molecule has 1 aromatic carbocycles. The number of carboxylic acids is 1. The van der Waals surface area contributed by atoms with Gasteiger partial charge in [0.25, 0.3) is 5.56 Å². The van der Waals surface area contributed by atoms with Crippen LogP contribution in [0.1, 0.15) is 36.8 Å². The van der Waals surface area contributed by atoms with Gasteiger partial charge in [0.05, 0.1) is 13.7 Å². The molecule has 2 atom stereocenters. The molecular weight excluding hydrogens is 409 g/mol. The lowest BCUT2D eigenvalue weighted by Crippen LogP contribution is -2.49. The zero-order valence-corrected chi connectivity index (χ0v) is 17.2. The lowest BCUT2D eigenvalue weighted by molar-refractivity contribution is -0.142. The van der Waals surface area contributed by atoms with Crippen molar-refractivity contribution in [3.05, 3.63) is 58.0 Å². The number of amides is 1. The number of methoxy groups -OCH3 is 1. The number of benzene rings is 1. The van der Waals surface area contributed by atoms with E-state index in [1.165, 1.54) is 13.3 Å². The molecule has 2 aromatic rings. The van der Waals surface area contributed by atoms with Gasteiger partial charge in [0.2, 0.25) is 5.91 Å². The summed E-state index contributed by atoms with van der Waals surface area (Å²) in [5, 5.41) is 16.0. The number of aromatic nitrogens is 2. The van der Waals surface area contributed by atoms with Crippen molar-refractivity contribution in [3.8, 4) is 5.75 Å². The second kappa shape index (κ2) is 11.0. The average Bonchev–Trinajstić information content (AvgIpc) is 2.75. The second-order valence-corrected chi connectivity index (χ2v) is 6.81. The van der Waals surface area contributed by atoms with Gasteiger partial charge < -0.3 is 15.2 Å². The molecule has 10 heteroatoms. The minimum absolute atomic E-state index is 0.0140. The van der Waals surface area contributed by atoms with Crippen LogP contribution in [0.15, 0.2) is 41.3 Å². The zero-order valence-electron chi connectivity index (χ0n) is 17.2. The standard InChI is InChI=1S/C21H24FN3O6/c1-3-5-17(27)24-19(16(26)11-22)18(21(29)30)15-8-9-23-25(20(15)28)12-13-6-4-7-14(10-13)31-2/h4,6-10,18-19H,3,5,11-12H2,1-2H3,(H,24,27)(H,29,30). The first-order valence-electron chi connectivity index (χ1n) is 9.62. The molecule has 1 aromatic heterocycles. The third kappa shape index (κ3) is 5.97. The van der Waals surface area contributed by atoms with E-state index in [0.29, 0.717) is 17.7 Å². The molecule has 0 aliphatic rings. The summed E-state index contributed by atoms with van der Waals surface area (Å²) >= 11 is 0. The summed E-state index contributed by atoms with van der Waals surface area (Å²) in [5.74, 6) is -4.48. The van der Waals surface area contributed by atoms with Crippen LogP contribution in [0.2, 0.25) is 0 Å². The molecule has 0 spiro atoms. The topological polar surface area (TPSA) is 128 Å². The lowest BCUT2D eigenvalue weighted by Gasteiger charge is -2.23. The quantitative estimate of drug-likeness (QED) is 0.547. The van der Waals surface area contributed by atoms with Crippen molar-refractivity contribution >= 4 is 17.7 Å². The van der Waals surface area contributed by atoms with Crippen LogP contribution < -0.4 is 15.6 Å². The largest absolute Gasteiger partial charge is 0.497 e. The number of ether oxygens (including phenoxy) is 1. The molecule has 0 saturated heterocycles. The predicted molar refractivity (Wildman–Crippen MR) is 109 cm³/mol. The SMILES string of the molecule is CCCC(=O)NC(C(=O)CF)C(C(=O)O)c1ccnn(Cc2cccc(OC)c2)c1=O. The van der Waals surface area contributed by atoms with Gasteiger partial charge in [0.1, 0.15) is 24.4 Å². The molecule has 0 aliphatic carbocycles. The summed E-state index contributed by atoms with van der Waals surface area (Å²) in [6.45, 7) is 0.254. The van der Waals surface area contributed by atoms with E-state index in [-0.39, 0.29) is 18.5 Å². The van der Waals surface area contributed by atoms with Crippen molar-refractivity contribution < 1.29 is 28.6 Å². The van der Waals surface area contributed by atoms with Gasteiger partial charge in [-0.25, -0.2) is 9.07 Å². The monoisotopic (exact) mass is 433 g/mol. The average molecular weight is 433 g/mol. The zero-order chi connectivity index (χ0) is 23.0. The fourth-order valence-corrected chi connectivity index (χ4v) is 3.12. The number of halogens is 1. The van der Waals surface area contributed by atoms with Crippen LogP contribution in [0.5, 0.6) is 5.75 Å². The Labute approximate surface area is 177 Å². The van der Waals surface area contributed by atoms with Crippen molar-refractivity contribution in [2.45, 2.75) is 38.3 Å². The summed E-state index contributed by atoms with van der Waals surface area (Å²) < 4.78 is 19.3. The van der Waals surface area contributed by atoms with E-state index in [0.717, 1.165) is 10.7 Å². The first-order chi connectivity index (χ1) is 14.8. The maximum atomic E-state index is 13.1. The molecule has 2 unspecified atom stereocenters. The number of alkyl halides is 1. The lowest BCUT2D eigenvalue weighted by atomic mass is 9.89. The van der Waals surface area contributed by atoms with Crippen LogP contribution in [-0.2, 0) is 20.9 Å². The number of carbonyl (C=O) groups is 3. The summed E-state index contributed by atoms with van der Waals surface area (Å²) in [4.78, 5) is 49.1. The molecule has 0 fully saturated rings. The van der Waals surface area contributed by atoms with E-state index in [4.69, 9.17) is 4.74 Å². The van der Waals surface area contributed by atoms with Crippen LogP contribution in [0.25, 0.3) is 0 Å². The molecule has 9 nitrogen and oxygen atoms in total. The van der Waals surface area contributed by atoms with Crippen LogP contribution in [-0.4, -0.2) is 52.4 Å². The van der Waals surface area contributed by atoms with E-state index in [1.54, 1.807) is 31.2 Å². The fourth-order valence-electron chi connectivity index (χ4n) is 3.12. The first-order valence-corrected chi connectivity index (χ1v) is 9.62. The molecule has 2 N–H and O–H groups in total. The Morgan fingerprint density at radius 2 is 2.03 bits per heavy atom. The summed E-state index contributed by atoms with van der Waals surface area (Å²) in [6, 6.07) is 6.31. The van der Waals surface area contributed by atoms with Gasteiger partial charge in [-0.2, -0.15) is 5.10 Å². The normalized spacial score (nSPS) is 12.6. The van der Waals surface area contributed by atoms with Crippen molar-refractivity contribution in [1.29, 1.82) is 0 Å². The van der Waals surface area contributed by atoms with E-state index in [1.807, 2.05) is 0 Å². The highest BCUT2D eigenvalue weighted by molar-refractivity contribution is 5.95. The third-order valence-electron chi connectivity index (χ3n) is 4.61.